The van der Waals surface area contributed by atoms with E-state index in [-0.39, 0.29) is 23.8 Å². The molecule has 3 rings (SSSR count). The molecule has 7 heteroatoms. The summed E-state index contributed by atoms with van der Waals surface area (Å²) in [5.74, 6) is -0.0548. The largest absolute Gasteiger partial charge is 0.451 e. The zero-order valence-electron chi connectivity index (χ0n) is 14.3. The monoisotopic (exact) mass is 343 g/mol. The van der Waals surface area contributed by atoms with Crippen LogP contribution in [0.15, 0.2) is 29.1 Å². The van der Waals surface area contributed by atoms with Gasteiger partial charge in [-0.05, 0) is 24.3 Å². The number of hydrogen-bond donors (Lipinski definition) is 1. The molecular weight excluding hydrogens is 322 g/mol. The van der Waals surface area contributed by atoms with E-state index >= 15 is 0 Å². The molecule has 2 atom stereocenters. The molecule has 2 heterocycles. The first-order valence-electron chi connectivity index (χ1n) is 8.38. The number of ether oxygens (including phenoxy) is 1. The smallest absolute Gasteiger partial charge is 0.359 e. The molecule has 0 spiro atoms. The Balaban J connectivity index is 1.70. The van der Waals surface area contributed by atoms with Crippen LogP contribution in [0.25, 0.3) is 10.8 Å². The van der Waals surface area contributed by atoms with E-state index in [0.29, 0.717) is 35.7 Å². The van der Waals surface area contributed by atoms with E-state index in [9.17, 15) is 14.4 Å². The number of nitrogens with zero attached hydrogens (tertiary/aromatic N) is 2. The highest BCUT2D eigenvalue weighted by atomic mass is 16.5. The van der Waals surface area contributed by atoms with Gasteiger partial charge in [0.05, 0.1) is 5.39 Å². The van der Waals surface area contributed by atoms with Crippen LogP contribution in [0.5, 0.6) is 0 Å². The van der Waals surface area contributed by atoms with Crippen molar-refractivity contribution < 1.29 is 14.3 Å². The van der Waals surface area contributed by atoms with Crippen LogP contribution in [0.3, 0.4) is 0 Å². The van der Waals surface area contributed by atoms with Gasteiger partial charge < -0.3 is 9.64 Å². The van der Waals surface area contributed by atoms with E-state index < -0.39 is 5.97 Å². The molecule has 1 N–H and O–H groups in total. The first-order chi connectivity index (χ1) is 12.0. The van der Waals surface area contributed by atoms with E-state index in [1.165, 1.54) is 0 Å². The number of piperidine rings is 1. The van der Waals surface area contributed by atoms with Crippen LogP contribution in [-0.2, 0) is 9.53 Å². The summed E-state index contributed by atoms with van der Waals surface area (Å²) in [6, 6.07) is 6.65. The molecule has 1 aliphatic heterocycles. The predicted molar refractivity (Wildman–Crippen MR) is 92.2 cm³/mol. The summed E-state index contributed by atoms with van der Waals surface area (Å²) in [4.78, 5) is 38.1. The fourth-order valence-corrected chi connectivity index (χ4v) is 3.42. The highest BCUT2D eigenvalue weighted by molar-refractivity contribution is 6.02. The third-order valence-electron chi connectivity index (χ3n) is 4.44. The molecule has 2 aromatic rings. The average Bonchev–Trinajstić information content (AvgIpc) is 2.59. The summed E-state index contributed by atoms with van der Waals surface area (Å²) in [6.07, 6.45) is 1.09. The normalized spacial score (nSPS) is 20.5. The zero-order chi connectivity index (χ0) is 18.0. The van der Waals surface area contributed by atoms with Crippen LogP contribution in [0, 0.1) is 11.8 Å². The Morgan fingerprint density at radius 1 is 1.20 bits per heavy atom. The number of H-pyrrole nitrogens is 1. The number of hydrogen-bond acceptors (Lipinski definition) is 5. The summed E-state index contributed by atoms with van der Waals surface area (Å²) in [5, 5.41) is 6.83. The number of benzene rings is 1. The van der Waals surface area contributed by atoms with Crippen LogP contribution in [-0.4, -0.2) is 46.7 Å². The number of rotatable bonds is 3. The second-order valence-corrected chi connectivity index (χ2v) is 6.77. The molecule has 1 saturated heterocycles. The van der Waals surface area contributed by atoms with E-state index in [1.54, 1.807) is 29.2 Å². The molecule has 1 aromatic carbocycles. The van der Waals surface area contributed by atoms with E-state index in [0.717, 1.165) is 6.42 Å². The minimum atomic E-state index is -0.723. The van der Waals surface area contributed by atoms with Crippen molar-refractivity contribution in [1.29, 1.82) is 0 Å². The van der Waals surface area contributed by atoms with E-state index in [1.807, 2.05) is 0 Å². The third-order valence-corrected chi connectivity index (χ3v) is 4.44. The predicted octanol–water partition coefficient (Wildman–Crippen LogP) is 1.58. The van der Waals surface area contributed by atoms with Gasteiger partial charge in [0, 0.05) is 18.5 Å². The number of amides is 1. The van der Waals surface area contributed by atoms with Crippen LogP contribution in [0.2, 0.25) is 0 Å². The molecule has 0 unspecified atom stereocenters. The number of aromatic amines is 1. The van der Waals surface area contributed by atoms with Gasteiger partial charge in [-0.15, -0.1) is 0 Å². The first kappa shape index (κ1) is 17.1. The molecule has 0 saturated carbocycles. The van der Waals surface area contributed by atoms with Crippen molar-refractivity contribution in [2.24, 2.45) is 11.8 Å². The van der Waals surface area contributed by atoms with Crippen molar-refractivity contribution >= 4 is 22.6 Å². The van der Waals surface area contributed by atoms with Gasteiger partial charge in [-0.25, -0.2) is 9.89 Å². The highest BCUT2D eigenvalue weighted by Crippen LogP contribution is 2.21. The van der Waals surface area contributed by atoms with E-state index in [4.69, 9.17) is 4.74 Å². The lowest BCUT2D eigenvalue weighted by atomic mass is 9.92. The Hall–Kier alpha value is -2.70. The van der Waals surface area contributed by atoms with Crippen LogP contribution in [0.1, 0.15) is 30.8 Å². The van der Waals surface area contributed by atoms with Gasteiger partial charge in [0.25, 0.3) is 11.5 Å². The maximum atomic E-state index is 12.3. The molecular formula is C18H21N3O4. The Morgan fingerprint density at radius 3 is 2.52 bits per heavy atom. The number of carbonyl (C=O) groups is 2. The van der Waals surface area contributed by atoms with Crippen molar-refractivity contribution in [2.45, 2.75) is 20.3 Å². The second-order valence-electron chi connectivity index (χ2n) is 6.77. The summed E-state index contributed by atoms with van der Waals surface area (Å²) < 4.78 is 5.15. The molecule has 0 aliphatic carbocycles. The standard InChI is InChI=1S/C18H21N3O4/c1-11-7-12(2)9-21(8-11)15(22)10-25-18(24)16-13-5-3-4-6-14(13)17(23)20-19-16/h3-6,11-12H,7-10H2,1-2H3,(H,20,23)/t11-,12+. The molecule has 1 aromatic heterocycles. The van der Waals surface area contributed by atoms with Gasteiger partial charge in [-0.3, -0.25) is 9.59 Å². The second kappa shape index (κ2) is 7.04. The van der Waals surface area contributed by atoms with Crippen LogP contribution in [0.4, 0.5) is 0 Å². The van der Waals surface area contributed by atoms with Gasteiger partial charge in [0.15, 0.2) is 12.3 Å². The number of nitrogens with one attached hydrogen (secondary N) is 1. The van der Waals surface area contributed by atoms with E-state index in [2.05, 4.69) is 24.0 Å². The minimum Gasteiger partial charge on any atom is -0.451 e. The van der Waals surface area contributed by atoms with Gasteiger partial charge in [-0.1, -0.05) is 32.0 Å². The van der Waals surface area contributed by atoms with Gasteiger partial charge in [-0.2, -0.15) is 5.10 Å². The topological polar surface area (TPSA) is 92.4 Å². The number of likely N-dealkylation sites (tertiary alicyclic amines) is 1. The summed E-state index contributed by atoms with van der Waals surface area (Å²) in [6.45, 7) is 5.26. The lowest BCUT2D eigenvalue weighted by Crippen LogP contribution is -2.44. The molecule has 1 aliphatic rings. The first-order valence-corrected chi connectivity index (χ1v) is 8.38. The Bertz CT molecular complexity index is 851. The van der Waals surface area contributed by atoms with Gasteiger partial charge in [0.1, 0.15) is 0 Å². The van der Waals surface area contributed by atoms with Crippen molar-refractivity contribution in [3.63, 3.8) is 0 Å². The van der Waals surface area contributed by atoms with Crippen molar-refractivity contribution in [2.75, 3.05) is 19.7 Å². The minimum absolute atomic E-state index is 0.00313. The van der Waals surface area contributed by atoms with Crippen LogP contribution < -0.4 is 5.56 Å². The summed E-state index contributed by atoms with van der Waals surface area (Å²) in [7, 11) is 0. The summed E-state index contributed by atoms with van der Waals surface area (Å²) >= 11 is 0. The average molecular weight is 343 g/mol. The van der Waals surface area contributed by atoms with Gasteiger partial charge in [0.2, 0.25) is 0 Å². The SMILES string of the molecule is C[C@@H]1C[C@H](C)CN(C(=O)COC(=O)c2n[nH]c(=O)c3ccccc23)C1. The molecule has 132 valence electrons. The molecule has 0 radical (unpaired) electrons. The lowest BCUT2D eigenvalue weighted by molar-refractivity contribution is -0.137. The lowest BCUT2D eigenvalue weighted by Gasteiger charge is -2.34. The Labute approximate surface area is 145 Å². The molecule has 1 amide bonds. The molecule has 1 fully saturated rings. The van der Waals surface area contributed by atoms with Crippen molar-refractivity contribution in [3.05, 3.63) is 40.3 Å². The molecule has 7 nitrogen and oxygen atoms in total. The Kier molecular flexibility index (Phi) is 4.83. The van der Waals surface area contributed by atoms with Crippen LogP contribution >= 0.6 is 0 Å². The summed E-state index contributed by atoms with van der Waals surface area (Å²) in [5.41, 5.74) is -0.372. The van der Waals surface area contributed by atoms with Gasteiger partial charge >= 0.3 is 5.97 Å². The number of fused-ring (bicyclic) bond motifs is 1. The third kappa shape index (κ3) is 3.70. The fourth-order valence-electron chi connectivity index (χ4n) is 3.42. The maximum absolute atomic E-state index is 12.3. The Morgan fingerprint density at radius 2 is 1.84 bits per heavy atom. The fraction of sp³-hybridized carbons (Fsp3) is 0.444. The van der Waals surface area contributed by atoms with Crippen molar-refractivity contribution in [3.8, 4) is 0 Å². The number of carbonyl (C=O) groups excluding carboxylic acids is 2. The number of aromatic nitrogens is 2. The highest BCUT2D eigenvalue weighted by Gasteiger charge is 2.26. The quantitative estimate of drug-likeness (QED) is 0.854. The maximum Gasteiger partial charge on any atom is 0.359 e. The molecule has 25 heavy (non-hydrogen) atoms. The zero-order valence-corrected chi connectivity index (χ0v) is 14.3. The molecule has 0 bridgehead atoms. The van der Waals surface area contributed by atoms with Crippen molar-refractivity contribution in [1.82, 2.24) is 15.1 Å². The number of esters is 1.